The van der Waals surface area contributed by atoms with Crippen molar-refractivity contribution in [3.63, 3.8) is 0 Å². The summed E-state index contributed by atoms with van der Waals surface area (Å²) in [4.78, 5) is 10.1. The van der Waals surface area contributed by atoms with Crippen LogP contribution in [0.25, 0.3) is 0 Å². The molecule has 1 N–H and O–H groups in total. The Morgan fingerprint density at radius 1 is 1.17 bits per heavy atom. The van der Waals surface area contributed by atoms with Gasteiger partial charge in [0.15, 0.2) is 3.79 Å². The molecule has 0 aliphatic carbocycles. The van der Waals surface area contributed by atoms with Crippen molar-refractivity contribution in [1.29, 1.82) is 0 Å². The topological polar surface area (TPSA) is 37.3 Å². The van der Waals surface area contributed by atoms with Gasteiger partial charge in [-0.15, -0.1) is 0 Å². The van der Waals surface area contributed by atoms with Crippen molar-refractivity contribution in [2.24, 2.45) is 0 Å². The van der Waals surface area contributed by atoms with Crippen molar-refractivity contribution in [1.82, 2.24) is 0 Å². The van der Waals surface area contributed by atoms with E-state index in [-0.39, 0.29) is 6.42 Å². The fourth-order valence-electron chi connectivity index (χ4n) is 0.778. The Bertz CT molecular complexity index is 142. The van der Waals surface area contributed by atoms with Crippen molar-refractivity contribution < 1.29 is 9.90 Å². The zero-order chi connectivity index (χ0) is 9.61. The molecular formula is C7H11Cl3O2. The van der Waals surface area contributed by atoms with Gasteiger partial charge in [-0.25, -0.2) is 0 Å². The van der Waals surface area contributed by atoms with E-state index in [1.807, 2.05) is 0 Å². The number of unbranched alkanes of at least 4 members (excludes halogenated alkanes) is 2. The molecule has 0 saturated heterocycles. The van der Waals surface area contributed by atoms with Crippen LogP contribution in [0.1, 0.15) is 32.1 Å². The molecule has 0 radical (unpaired) electrons. The van der Waals surface area contributed by atoms with Gasteiger partial charge in [0.2, 0.25) is 0 Å². The monoisotopic (exact) mass is 232 g/mol. The van der Waals surface area contributed by atoms with Crippen LogP contribution >= 0.6 is 34.8 Å². The third kappa shape index (κ3) is 10.3. The van der Waals surface area contributed by atoms with Gasteiger partial charge in [0.1, 0.15) is 0 Å². The summed E-state index contributed by atoms with van der Waals surface area (Å²) in [5, 5.41) is 8.29. The maximum Gasteiger partial charge on any atom is 0.303 e. The average molecular weight is 234 g/mol. The van der Waals surface area contributed by atoms with Gasteiger partial charge in [-0.2, -0.15) is 0 Å². The number of aliphatic carboxylic acids is 1. The summed E-state index contributed by atoms with van der Waals surface area (Å²) in [6.07, 6.45) is 2.87. The first-order chi connectivity index (χ1) is 5.42. The Morgan fingerprint density at radius 2 is 1.75 bits per heavy atom. The molecule has 0 aliphatic rings. The van der Waals surface area contributed by atoms with E-state index in [1.165, 1.54) is 0 Å². The van der Waals surface area contributed by atoms with Gasteiger partial charge in [0, 0.05) is 6.42 Å². The average Bonchev–Trinajstić information content (AvgIpc) is 1.83. The summed E-state index contributed by atoms with van der Waals surface area (Å²) in [5.74, 6) is -0.774. The lowest BCUT2D eigenvalue weighted by Gasteiger charge is -2.08. The van der Waals surface area contributed by atoms with Crippen LogP contribution in [-0.2, 0) is 4.79 Å². The number of carbonyl (C=O) groups is 1. The number of hydrogen-bond donors (Lipinski definition) is 1. The number of alkyl halides is 3. The highest BCUT2D eigenvalue weighted by atomic mass is 35.6. The van der Waals surface area contributed by atoms with Crippen LogP contribution in [0.3, 0.4) is 0 Å². The van der Waals surface area contributed by atoms with E-state index in [0.717, 1.165) is 12.8 Å². The fourth-order valence-corrected chi connectivity index (χ4v) is 1.18. The van der Waals surface area contributed by atoms with Gasteiger partial charge in [-0.3, -0.25) is 4.79 Å². The van der Waals surface area contributed by atoms with E-state index in [2.05, 4.69) is 0 Å². The highest BCUT2D eigenvalue weighted by Crippen LogP contribution is 2.31. The van der Waals surface area contributed by atoms with E-state index in [4.69, 9.17) is 39.9 Å². The maximum atomic E-state index is 10.1. The van der Waals surface area contributed by atoms with Crippen LogP contribution in [0.2, 0.25) is 0 Å². The van der Waals surface area contributed by atoms with Gasteiger partial charge in [-0.05, 0) is 19.3 Å². The quantitative estimate of drug-likeness (QED) is 0.584. The van der Waals surface area contributed by atoms with Crippen molar-refractivity contribution in [2.45, 2.75) is 35.9 Å². The Hall–Kier alpha value is 0.340. The second-order valence-electron chi connectivity index (χ2n) is 2.57. The molecule has 0 heterocycles. The Kier molecular flexibility index (Phi) is 6.06. The first kappa shape index (κ1) is 12.3. The molecule has 12 heavy (non-hydrogen) atoms. The first-order valence-electron chi connectivity index (χ1n) is 3.70. The van der Waals surface area contributed by atoms with E-state index in [0.29, 0.717) is 12.8 Å². The van der Waals surface area contributed by atoms with E-state index >= 15 is 0 Å². The molecule has 0 aromatic carbocycles. The van der Waals surface area contributed by atoms with Crippen LogP contribution < -0.4 is 0 Å². The first-order valence-corrected chi connectivity index (χ1v) is 4.84. The number of hydrogen-bond acceptors (Lipinski definition) is 1. The smallest absolute Gasteiger partial charge is 0.303 e. The van der Waals surface area contributed by atoms with Gasteiger partial charge in [0.05, 0.1) is 0 Å². The lowest BCUT2D eigenvalue weighted by molar-refractivity contribution is -0.137. The third-order valence-corrected chi connectivity index (χ3v) is 1.92. The molecule has 0 rings (SSSR count). The summed E-state index contributed by atoms with van der Waals surface area (Å²) in [5.41, 5.74) is 0. The molecule has 0 aliphatic heterocycles. The zero-order valence-electron chi connectivity index (χ0n) is 6.52. The summed E-state index contributed by atoms with van der Waals surface area (Å²) in [7, 11) is 0. The molecule has 0 amide bonds. The maximum absolute atomic E-state index is 10.1. The van der Waals surface area contributed by atoms with Crippen molar-refractivity contribution in [2.75, 3.05) is 0 Å². The molecule has 0 saturated carbocycles. The zero-order valence-corrected chi connectivity index (χ0v) is 8.79. The van der Waals surface area contributed by atoms with Crippen molar-refractivity contribution >= 4 is 40.8 Å². The van der Waals surface area contributed by atoms with Crippen LogP contribution in [0.4, 0.5) is 0 Å². The summed E-state index contributed by atoms with van der Waals surface area (Å²) in [6, 6.07) is 0. The van der Waals surface area contributed by atoms with Crippen LogP contribution in [0.5, 0.6) is 0 Å². The Balaban J connectivity index is 3.17. The van der Waals surface area contributed by atoms with Crippen LogP contribution in [-0.4, -0.2) is 14.9 Å². The van der Waals surface area contributed by atoms with Crippen LogP contribution in [0.15, 0.2) is 0 Å². The summed E-state index contributed by atoms with van der Waals surface area (Å²) in [6.45, 7) is 0. The summed E-state index contributed by atoms with van der Waals surface area (Å²) < 4.78 is -1.19. The molecule has 72 valence electrons. The molecular weight excluding hydrogens is 222 g/mol. The van der Waals surface area contributed by atoms with E-state index < -0.39 is 9.76 Å². The third-order valence-electron chi connectivity index (χ3n) is 1.35. The fraction of sp³-hybridized carbons (Fsp3) is 0.857. The number of rotatable bonds is 5. The lowest BCUT2D eigenvalue weighted by atomic mass is 10.1. The van der Waals surface area contributed by atoms with Crippen LogP contribution in [0, 0.1) is 0 Å². The van der Waals surface area contributed by atoms with Gasteiger partial charge in [0.25, 0.3) is 0 Å². The number of carboxylic acids is 1. The standard InChI is InChI=1S/C7H11Cl3O2/c8-7(9,10)5-3-1-2-4-6(11)12/h1-5H2,(H,11,12). The summed E-state index contributed by atoms with van der Waals surface area (Å²) >= 11 is 16.5. The Labute approximate surface area is 86.8 Å². The molecule has 0 bridgehead atoms. The van der Waals surface area contributed by atoms with Crippen molar-refractivity contribution in [3.8, 4) is 0 Å². The molecule has 0 fully saturated rings. The minimum atomic E-state index is -1.19. The number of halogens is 3. The molecule has 5 heteroatoms. The van der Waals surface area contributed by atoms with Gasteiger partial charge >= 0.3 is 5.97 Å². The molecule has 0 atom stereocenters. The van der Waals surface area contributed by atoms with E-state index in [9.17, 15) is 4.79 Å². The minimum absolute atomic E-state index is 0.194. The molecule has 0 aromatic heterocycles. The van der Waals surface area contributed by atoms with Gasteiger partial charge < -0.3 is 5.11 Å². The predicted octanol–water partition coefficient (Wildman–Crippen LogP) is 3.39. The van der Waals surface area contributed by atoms with Gasteiger partial charge in [-0.1, -0.05) is 41.2 Å². The highest BCUT2D eigenvalue weighted by Gasteiger charge is 2.17. The number of carboxylic acid groups (broad SMARTS) is 1. The largest absolute Gasteiger partial charge is 0.481 e. The molecule has 2 nitrogen and oxygen atoms in total. The molecule has 0 aromatic rings. The SMILES string of the molecule is O=C(O)CCCCCC(Cl)(Cl)Cl. The second kappa shape index (κ2) is 5.90. The minimum Gasteiger partial charge on any atom is -0.481 e. The van der Waals surface area contributed by atoms with Crippen molar-refractivity contribution in [3.05, 3.63) is 0 Å². The lowest BCUT2D eigenvalue weighted by Crippen LogP contribution is -2.01. The molecule has 0 unspecified atom stereocenters. The normalized spacial score (nSPS) is 11.6. The Morgan fingerprint density at radius 3 is 2.17 bits per heavy atom. The van der Waals surface area contributed by atoms with E-state index in [1.54, 1.807) is 0 Å². The predicted molar refractivity (Wildman–Crippen MR) is 51.0 cm³/mol. The second-order valence-corrected chi connectivity index (χ2v) is 5.09. The highest BCUT2D eigenvalue weighted by molar-refractivity contribution is 6.67. The molecule has 0 spiro atoms.